The molecular weight excluding hydrogens is 375 g/mol. The maximum Gasteiger partial charge on any atom is 0.250 e. The summed E-state index contributed by atoms with van der Waals surface area (Å²) in [6, 6.07) is 2.85. The fourth-order valence-electron chi connectivity index (χ4n) is 3.74. The monoisotopic (exact) mass is 395 g/mol. The average Bonchev–Trinajstić information content (AvgIpc) is 2.76. The number of nitrogens with one attached hydrogen (secondary N) is 1. The molecule has 0 saturated heterocycles. The maximum absolute atomic E-state index is 12.2. The molecule has 1 N–H and O–H groups in total. The standard InChI is InChI=1S/C14H20F2IN3/c1-7(2)20-11(5-13(17)19-20)14-9-3-8(4-10(9)14)18-6-12(15)16/h5,7-10,12,14,18H,3-4,6H2,1-2H3/t8?,9-,10+,14?. The predicted molar refractivity (Wildman–Crippen MR) is 82.1 cm³/mol. The van der Waals surface area contributed by atoms with Crippen molar-refractivity contribution in [1.82, 2.24) is 15.1 Å². The third-order valence-corrected chi connectivity index (χ3v) is 5.10. The van der Waals surface area contributed by atoms with Gasteiger partial charge in [-0.2, -0.15) is 5.10 Å². The summed E-state index contributed by atoms with van der Waals surface area (Å²) in [7, 11) is 0. The number of hydrogen-bond donors (Lipinski definition) is 1. The van der Waals surface area contributed by atoms with Gasteiger partial charge in [-0.3, -0.25) is 4.68 Å². The molecule has 2 aliphatic rings. The van der Waals surface area contributed by atoms with Crippen LogP contribution in [-0.2, 0) is 0 Å². The number of fused-ring (bicyclic) bond motifs is 1. The van der Waals surface area contributed by atoms with Crippen LogP contribution in [0.15, 0.2) is 6.07 Å². The van der Waals surface area contributed by atoms with Gasteiger partial charge in [0, 0.05) is 23.7 Å². The Bertz CT molecular complexity index is 477. The van der Waals surface area contributed by atoms with Crippen LogP contribution in [0.3, 0.4) is 0 Å². The lowest BCUT2D eigenvalue weighted by molar-refractivity contribution is 0.140. The zero-order valence-corrected chi connectivity index (χ0v) is 13.8. The molecule has 3 nitrogen and oxygen atoms in total. The van der Waals surface area contributed by atoms with Crippen LogP contribution in [-0.4, -0.2) is 28.8 Å². The molecule has 0 radical (unpaired) electrons. The summed E-state index contributed by atoms with van der Waals surface area (Å²) in [5.41, 5.74) is 1.34. The minimum Gasteiger partial charge on any atom is -0.309 e. The summed E-state index contributed by atoms with van der Waals surface area (Å²) < 4.78 is 27.6. The van der Waals surface area contributed by atoms with Gasteiger partial charge in [0.05, 0.1) is 6.54 Å². The van der Waals surface area contributed by atoms with Crippen molar-refractivity contribution in [1.29, 1.82) is 0 Å². The number of hydrogen-bond acceptors (Lipinski definition) is 2. The van der Waals surface area contributed by atoms with E-state index in [2.05, 4.69) is 57.6 Å². The van der Waals surface area contributed by atoms with Crippen LogP contribution >= 0.6 is 22.6 Å². The molecule has 2 unspecified atom stereocenters. The Morgan fingerprint density at radius 2 is 2.05 bits per heavy atom. The summed E-state index contributed by atoms with van der Waals surface area (Å²) in [5.74, 6) is 1.92. The second-order valence-electron chi connectivity index (χ2n) is 6.25. The first-order chi connectivity index (χ1) is 9.47. The summed E-state index contributed by atoms with van der Waals surface area (Å²) in [4.78, 5) is 0. The fraction of sp³-hybridized carbons (Fsp3) is 0.786. The molecule has 2 fully saturated rings. The molecule has 0 aromatic carbocycles. The molecule has 1 aromatic heterocycles. The van der Waals surface area contributed by atoms with Gasteiger partial charge in [0.15, 0.2) is 0 Å². The van der Waals surface area contributed by atoms with Crippen molar-refractivity contribution in [2.75, 3.05) is 6.54 Å². The van der Waals surface area contributed by atoms with Gasteiger partial charge in [-0.05, 0) is 67.2 Å². The Morgan fingerprint density at radius 1 is 1.40 bits per heavy atom. The normalized spacial score (nSPS) is 32.1. The first-order valence-electron chi connectivity index (χ1n) is 7.24. The molecule has 4 atom stereocenters. The van der Waals surface area contributed by atoms with Crippen molar-refractivity contribution in [2.24, 2.45) is 11.8 Å². The van der Waals surface area contributed by atoms with E-state index in [0.29, 0.717) is 23.8 Å². The van der Waals surface area contributed by atoms with Crippen molar-refractivity contribution < 1.29 is 8.78 Å². The Morgan fingerprint density at radius 3 is 2.60 bits per heavy atom. The summed E-state index contributed by atoms with van der Waals surface area (Å²) in [6.07, 6.45) is -0.184. The Kier molecular flexibility index (Phi) is 4.05. The Hall–Kier alpha value is -0.240. The highest BCUT2D eigenvalue weighted by atomic mass is 127. The summed E-state index contributed by atoms with van der Waals surface area (Å²) in [5, 5.41) is 7.55. The zero-order valence-electron chi connectivity index (χ0n) is 11.7. The zero-order chi connectivity index (χ0) is 14.4. The highest BCUT2D eigenvalue weighted by Gasteiger charge is 2.57. The number of halogens is 3. The molecule has 1 aromatic rings. The molecule has 6 heteroatoms. The van der Waals surface area contributed by atoms with Gasteiger partial charge in [0.25, 0.3) is 6.43 Å². The lowest BCUT2D eigenvalue weighted by Crippen LogP contribution is -2.32. The smallest absolute Gasteiger partial charge is 0.250 e. The lowest BCUT2D eigenvalue weighted by atomic mass is 10.0. The SMILES string of the molecule is CC(C)n1nc(I)cc1C1[C@H]2CC(NCC(F)F)C[C@@H]12. The molecule has 112 valence electrons. The fourth-order valence-corrected chi connectivity index (χ4v) is 4.29. The first kappa shape index (κ1) is 14.7. The van der Waals surface area contributed by atoms with Crippen LogP contribution in [0.4, 0.5) is 8.78 Å². The molecule has 20 heavy (non-hydrogen) atoms. The van der Waals surface area contributed by atoms with Gasteiger partial charge < -0.3 is 5.32 Å². The van der Waals surface area contributed by atoms with E-state index >= 15 is 0 Å². The minimum atomic E-state index is -2.24. The van der Waals surface area contributed by atoms with Gasteiger partial charge in [0.2, 0.25) is 0 Å². The topological polar surface area (TPSA) is 29.9 Å². The van der Waals surface area contributed by atoms with Crippen LogP contribution in [0.5, 0.6) is 0 Å². The number of rotatable bonds is 5. The van der Waals surface area contributed by atoms with Gasteiger partial charge >= 0.3 is 0 Å². The molecular formula is C14H20F2IN3. The maximum atomic E-state index is 12.2. The third-order valence-electron chi connectivity index (χ3n) is 4.57. The molecule has 0 aliphatic heterocycles. The van der Waals surface area contributed by atoms with E-state index in [9.17, 15) is 8.78 Å². The average molecular weight is 395 g/mol. The molecule has 0 bridgehead atoms. The molecule has 3 rings (SSSR count). The predicted octanol–water partition coefficient (Wildman–Crippen LogP) is 3.42. The summed E-state index contributed by atoms with van der Waals surface area (Å²) >= 11 is 2.26. The number of aromatic nitrogens is 2. The first-order valence-corrected chi connectivity index (χ1v) is 8.31. The highest BCUT2D eigenvalue weighted by molar-refractivity contribution is 14.1. The van der Waals surface area contributed by atoms with E-state index in [0.717, 1.165) is 16.5 Å². The van der Waals surface area contributed by atoms with Crippen molar-refractivity contribution in [2.45, 2.75) is 51.1 Å². The van der Waals surface area contributed by atoms with Crippen LogP contribution in [0.2, 0.25) is 0 Å². The van der Waals surface area contributed by atoms with Crippen LogP contribution in [0, 0.1) is 15.5 Å². The van der Waals surface area contributed by atoms with Gasteiger partial charge in [-0.15, -0.1) is 0 Å². The van der Waals surface area contributed by atoms with E-state index in [-0.39, 0.29) is 12.6 Å². The molecule has 2 aliphatic carbocycles. The Labute approximate surface area is 131 Å². The van der Waals surface area contributed by atoms with Crippen LogP contribution in [0.1, 0.15) is 44.3 Å². The largest absolute Gasteiger partial charge is 0.309 e. The van der Waals surface area contributed by atoms with Gasteiger partial charge in [0.1, 0.15) is 3.70 Å². The molecule has 0 spiro atoms. The van der Waals surface area contributed by atoms with Crippen LogP contribution < -0.4 is 5.32 Å². The number of alkyl halides is 2. The van der Waals surface area contributed by atoms with Gasteiger partial charge in [-0.1, -0.05) is 0 Å². The van der Waals surface area contributed by atoms with E-state index in [1.165, 1.54) is 5.69 Å². The second kappa shape index (κ2) is 5.51. The lowest BCUT2D eigenvalue weighted by Gasteiger charge is -2.17. The van der Waals surface area contributed by atoms with Gasteiger partial charge in [-0.25, -0.2) is 8.78 Å². The molecule has 1 heterocycles. The Balaban J connectivity index is 1.62. The third kappa shape index (κ3) is 2.73. The van der Waals surface area contributed by atoms with Crippen LogP contribution in [0.25, 0.3) is 0 Å². The summed E-state index contributed by atoms with van der Waals surface area (Å²) in [6.45, 7) is 4.13. The quantitative estimate of drug-likeness (QED) is 0.775. The van der Waals surface area contributed by atoms with Crippen molar-refractivity contribution in [3.8, 4) is 0 Å². The van der Waals surface area contributed by atoms with E-state index in [1.54, 1.807) is 0 Å². The number of nitrogens with zero attached hydrogens (tertiary/aromatic N) is 2. The highest BCUT2D eigenvalue weighted by Crippen LogP contribution is 2.63. The molecule has 0 amide bonds. The van der Waals surface area contributed by atoms with Crippen molar-refractivity contribution in [3.63, 3.8) is 0 Å². The van der Waals surface area contributed by atoms with E-state index in [4.69, 9.17) is 0 Å². The second-order valence-corrected chi connectivity index (χ2v) is 7.36. The molecule has 2 saturated carbocycles. The van der Waals surface area contributed by atoms with Crippen molar-refractivity contribution in [3.05, 3.63) is 15.5 Å². The van der Waals surface area contributed by atoms with E-state index < -0.39 is 6.43 Å². The minimum absolute atomic E-state index is 0.170. The van der Waals surface area contributed by atoms with Crippen molar-refractivity contribution >= 4 is 22.6 Å². The van der Waals surface area contributed by atoms with E-state index in [1.807, 2.05) is 0 Å².